The molecule has 18 heavy (non-hydrogen) atoms. The number of nitrogens with zero attached hydrogens (tertiary/aromatic N) is 1. The van der Waals surface area contributed by atoms with E-state index in [9.17, 15) is 20.0 Å². The van der Waals surface area contributed by atoms with Crippen LogP contribution in [0, 0.1) is 10.1 Å². The first kappa shape index (κ1) is 13.9. The predicted octanol–water partition coefficient (Wildman–Crippen LogP) is 1.78. The molecule has 0 bridgehead atoms. The number of nitro benzene ring substituents is 1. The average Bonchev–Trinajstić information content (AvgIpc) is 2.35. The highest BCUT2D eigenvalue weighted by Crippen LogP contribution is 2.32. The van der Waals surface area contributed by atoms with Gasteiger partial charge in [0.15, 0.2) is 5.78 Å². The molecule has 0 saturated heterocycles. The Morgan fingerprint density at radius 1 is 1.56 bits per heavy atom. The summed E-state index contributed by atoms with van der Waals surface area (Å²) in [5, 5.41) is 20.8. The van der Waals surface area contributed by atoms with Crippen LogP contribution in [0.1, 0.15) is 18.6 Å². The number of methoxy groups -OCH3 is 1. The molecular formula is C12H13NO5. The van der Waals surface area contributed by atoms with Gasteiger partial charge in [-0.2, -0.15) is 0 Å². The fraction of sp³-hybridized carbons (Fsp3) is 0.250. The highest BCUT2D eigenvalue weighted by atomic mass is 16.6. The molecule has 6 nitrogen and oxygen atoms in total. The molecule has 0 radical (unpaired) electrons. The number of carbonyl (C=O) groups is 1. The smallest absolute Gasteiger partial charge is 0.275 e. The molecular weight excluding hydrogens is 238 g/mol. The normalized spacial score (nSPS) is 11.7. The Balaban J connectivity index is 3.31. The van der Waals surface area contributed by atoms with Crippen molar-refractivity contribution in [3.8, 4) is 5.75 Å². The Morgan fingerprint density at radius 3 is 2.61 bits per heavy atom. The molecule has 0 heterocycles. The average molecular weight is 251 g/mol. The van der Waals surface area contributed by atoms with Gasteiger partial charge in [0.05, 0.1) is 17.6 Å². The standard InChI is InChI=1S/C12H13NO5/c1-7(8(2)14)12(15)10-6-9(18-3)4-5-11(10)13(16)17/h4-6,12,15H,1H2,2-3H3. The van der Waals surface area contributed by atoms with Gasteiger partial charge in [0, 0.05) is 11.6 Å². The minimum absolute atomic E-state index is 0.0143. The number of aliphatic hydroxyl groups is 1. The summed E-state index contributed by atoms with van der Waals surface area (Å²) in [6, 6.07) is 3.94. The summed E-state index contributed by atoms with van der Waals surface area (Å²) in [4.78, 5) is 21.4. The number of rotatable bonds is 5. The van der Waals surface area contributed by atoms with Gasteiger partial charge < -0.3 is 9.84 Å². The molecule has 0 fully saturated rings. The van der Waals surface area contributed by atoms with Gasteiger partial charge in [-0.25, -0.2) is 0 Å². The van der Waals surface area contributed by atoms with Crippen molar-refractivity contribution in [1.82, 2.24) is 0 Å². The SMILES string of the molecule is C=C(C(C)=O)C(O)c1cc(OC)ccc1[N+](=O)[O-]. The van der Waals surface area contributed by atoms with Crippen molar-refractivity contribution in [3.63, 3.8) is 0 Å². The van der Waals surface area contributed by atoms with Crippen molar-refractivity contribution >= 4 is 11.5 Å². The maximum atomic E-state index is 11.1. The monoisotopic (exact) mass is 251 g/mol. The highest BCUT2D eigenvalue weighted by Gasteiger charge is 2.24. The van der Waals surface area contributed by atoms with Crippen molar-refractivity contribution in [2.24, 2.45) is 0 Å². The summed E-state index contributed by atoms with van der Waals surface area (Å²) in [6.07, 6.45) is -1.42. The van der Waals surface area contributed by atoms with E-state index in [0.717, 1.165) is 0 Å². The molecule has 0 aliphatic carbocycles. The fourth-order valence-corrected chi connectivity index (χ4v) is 1.43. The second kappa shape index (κ2) is 5.42. The third-order valence-electron chi connectivity index (χ3n) is 2.51. The fourth-order valence-electron chi connectivity index (χ4n) is 1.43. The number of ether oxygens (including phenoxy) is 1. The van der Waals surface area contributed by atoms with Crippen LogP contribution in [-0.4, -0.2) is 22.9 Å². The second-order valence-electron chi connectivity index (χ2n) is 3.67. The third kappa shape index (κ3) is 2.72. The van der Waals surface area contributed by atoms with Crippen molar-refractivity contribution in [2.75, 3.05) is 7.11 Å². The molecule has 96 valence electrons. The topological polar surface area (TPSA) is 89.7 Å². The second-order valence-corrected chi connectivity index (χ2v) is 3.67. The van der Waals surface area contributed by atoms with E-state index in [1.165, 1.54) is 32.2 Å². The molecule has 1 N–H and O–H groups in total. The Labute approximate surface area is 104 Å². The lowest BCUT2D eigenvalue weighted by molar-refractivity contribution is -0.386. The predicted molar refractivity (Wildman–Crippen MR) is 64.4 cm³/mol. The van der Waals surface area contributed by atoms with E-state index in [1.807, 2.05) is 0 Å². The molecule has 1 unspecified atom stereocenters. The quantitative estimate of drug-likeness (QED) is 0.489. The van der Waals surface area contributed by atoms with Crippen LogP contribution in [-0.2, 0) is 4.79 Å². The third-order valence-corrected chi connectivity index (χ3v) is 2.51. The number of carbonyl (C=O) groups excluding carboxylic acids is 1. The van der Waals surface area contributed by atoms with Crippen LogP contribution in [0.5, 0.6) is 5.75 Å². The van der Waals surface area contributed by atoms with Gasteiger partial charge in [0.1, 0.15) is 11.9 Å². The van der Waals surface area contributed by atoms with E-state index in [1.54, 1.807) is 0 Å². The molecule has 0 saturated carbocycles. The maximum absolute atomic E-state index is 11.1. The van der Waals surface area contributed by atoms with Crippen molar-refractivity contribution in [3.05, 3.63) is 46.0 Å². The summed E-state index contributed by atoms with van der Waals surface area (Å²) >= 11 is 0. The van der Waals surface area contributed by atoms with Gasteiger partial charge in [-0.3, -0.25) is 14.9 Å². The van der Waals surface area contributed by atoms with Gasteiger partial charge in [0.2, 0.25) is 0 Å². The molecule has 0 aromatic heterocycles. The van der Waals surface area contributed by atoms with E-state index < -0.39 is 16.8 Å². The largest absolute Gasteiger partial charge is 0.497 e. The first-order valence-corrected chi connectivity index (χ1v) is 5.08. The van der Waals surface area contributed by atoms with Crippen molar-refractivity contribution in [1.29, 1.82) is 0 Å². The maximum Gasteiger partial charge on any atom is 0.275 e. The van der Waals surface area contributed by atoms with Gasteiger partial charge in [0.25, 0.3) is 5.69 Å². The molecule has 0 amide bonds. The van der Waals surface area contributed by atoms with Gasteiger partial charge in [-0.05, 0) is 19.1 Å². The van der Waals surface area contributed by atoms with Crippen LogP contribution >= 0.6 is 0 Å². The van der Waals surface area contributed by atoms with Crippen LogP contribution in [0.3, 0.4) is 0 Å². The highest BCUT2D eigenvalue weighted by molar-refractivity contribution is 5.94. The molecule has 1 aromatic carbocycles. The zero-order chi connectivity index (χ0) is 13.9. The first-order chi connectivity index (χ1) is 8.38. The number of ketones is 1. The molecule has 1 atom stereocenters. The molecule has 1 aromatic rings. The minimum Gasteiger partial charge on any atom is -0.497 e. The number of aliphatic hydroxyl groups excluding tert-OH is 1. The molecule has 0 aliphatic heterocycles. The van der Waals surface area contributed by atoms with E-state index in [0.29, 0.717) is 5.75 Å². The Bertz CT molecular complexity index is 509. The number of Topliss-reactive ketones (excluding diaryl/α,β-unsaturated/α-hetero) is 1. The van der Waals surface area contributed by atoms with Crippen LogP contribution in [0.4, 0.5) is 5.69 Å². The Kier molecular flexibility index (Phi) is 4.17. The Hall–Kier alpha value is -2.21. The van der Waals surface area contributed by atoms with E-state index >= 15 is 0 Å². The van der Waals surface area contributed by atoms with E-state index in [4.69, 9.17) is 4.74 Å². The van der Waals surface area contributed by atoms with Gasteiger partial charge >= 0.3 is 0 Å². The van der Waals surface area contributed by atoms with Crippen LogP contribution < -0.4 is 4.74 Å². The molecule has 6 heteroatoms. The van der Waals surface area contributed by atoms with Crippen LogP contribution in [0.25, 0.3) is 0 Å². The summed E-state index contributed by atoms with van der Waals surface area (Å²) in [5.41, 5.74) is -0.406. The zero-order valence-electron chi connectivity index (χ0n) is 10.0. The van der Waals surface area contributed by atoms with E-state index in [-0.39, 0.29) is 16.8 Å². The van der Waals surface area contributed by atoms with Crippen LogP contribution in [0.2, 0.25) is 0 Å². The number of hydrogen-bond acceptors (Lipinski definition) is 5. The zero-order valence-corrected chi connectivity index (χ0v) is 10.0. The van der Waals surface area contributed by atoms with Crippen molar-refractivity contribution in [2.45, 2.75) is 13.0 Å². The summed E-state index contributed by atoms with van der Waals surface area (Å²) < 4.78 is 4.93. The Morgan fingerprint density at radius 2 is 2.17 bits per heavy atom. The minimum atomic E-state index is -1.42. The molecule has 0 spiro atoms. The molecule has 1 rings (SSSR count). The molecule has 0 aliphatic rings. The lowest BCUT2D eigenvalue weighted by Gasteiger charge is -2.13. The summed E-state index contributed by atoms with van der Waals surface area (Å²) in [5.74, 6) is -0.0781. The van der Waals surface area contributed by atoms with Gasteiger partial charge in [-0.1, -0.05) is 6.58 Å². The number of hydrogen-bond donors (Lipinski definition) is 1. The summed E-state index contributed by atoms with van der Waals surface area (Å²) in [6.45, 7) is 4.66. The number of nitro groups is 1. The van der Waals surface area contributed by atoms with Crippen LogP contribution in [0.15, 0.2) is 30.4 Å². The first-order valence-electron chi connectivity index (χ1n) is 5.08. The van der Waals surface area contributed by atoms with Gasteiger partial charge in [-0.15, -0.1) is 0 Å². The number of benzene rings is 1. The lowest BCUT2D eigenvalue weighted by atomic mass is 9.98. The van der Waals surface area contributed by atoms with Crippen molar-refractivity contribution < 1.29 is 19.6 Å². The van der Waals surface area contributed by atoms with E-state index in [2.05, 4.69) is 6.58 Å². The summed E-state index contributed by atoms with van der Waals surface area (Å²) in [7, 11) is 1.40. The lowest BCUT2D eigenvalue weighted by Crippen LogP contribution is -2.09.